The van der Waals surface area contributed by atoms with E-state index in [1.807, 2.05) is 17.0 Å². The quantitative estimate of drug-likeness (QED) is 0.173. The van der Waals surface area contributed by atoms with Gasteiger partial charge < -0.3 is 19.9 Å². The highest BCUT2D eigenvalue weighted by Crippen LogP contribution is 2.38. The fourth-order valence-electron chi connectivity index (χ4n) is 5.49. The summed E-state index contributed by atoms with van der Waals surface area (Å²) < 4.78 is 84.7. The number of anilines is 3. The maximum absolute atomic E-state index is 13.3. The number of nitro groups is 1. The maximum Gasteiger partial charge on any atom is 0.423 e. The first-order valence-corrected chi connectivity index (χ1v) is 13.8. The first-order chi connectivity index (χ1) is 20.4. The van der Waals surface area contributed by atoms with Crippen molar-refractivity contribution < 1.29 is 36.0 Å². The molecule has 1 aliphatic carbocycles. The summed E-state index contributed by atoms with van der Waals surface area (Å²) >= 11 is 0. The lowest BCUT2D eigenvalue weighted by atomic mass is 9.92. The minimum Gasteiger partial charge on any atom is -0.474 e. The van der Waals surface area contributed by atoms with Gasteiger partial charge in [-0.2, -0.15) is 26.3 Å². The van der Waals surface area contributed by atoms with E-state index in [1.54, 1.807) is 6.20 Å². The number of benzene rings is 2. The molecule has 1 saturated carbocycles. The fourth-order valence-corrected chi connectivity index (χ4v) is 5.49. The Morgan fingerprint density at radius 2 is 1.44 bits per heavy atom. The second-order valence-electron chi connectivity index (χ2n) is 10.6. The molecule has 8 nitrogen and oxygen atoms in total. The minimum absolute atomic E-state index is 0.109. The number of nitrogens with one attached hydrogen (secondary N) is 1. The number of nitrogens with zero attached hydrogens (tertiary/aromatic N) is 4. The number of nitro benzene ring substituents is 1. The van der Waals surface area contributed by atoms with Crippen molar-refractivity contribution in [3.05, 3.63) is 82.0 Å². The van der Waals surface area contributed by atoms with Crippen molar-refractivity contribution in [1.29, 1.82) is 0 Å². The predicted octanol–water partition coefficient (Wildman–Crippen LogP) is 7.16. The molecule has 43 heavy (non-hydrogen) atoms. The SMILES string of the molecule is O=[N+]([O-])c1ccc(NC2CCC(Oc3cc(N4CCN(c5ccc(C(F)(F)F)cc5)CC4)ccn3)CC2)cc1C(F)(F)F. The van der Waals surface area contributed by atoms with Crippen molar-refractivity contribution in [2.75, 3.05) is 41.3 Å². The van der Waals surface area contributed by atoms with Gasteiger partial charge in [-0.25, -0.2) is 4.98 Å². The standard InChI is InChI=1S/C29H29F6N5O3/c30-28(31,32)19-1-6-22(7-2-19)38-13-15-39(16-14-38)23-11-12-36-27(18-23)43-24-8-3-20(4-9-24)37-21-5-10-26(40(41)42)25(17-21)29(33,34)35/h1-2,5-7,10-12,17-18,20,24,37H,3-4,8-9,13-16H2. The first kappa shape index (κ1) is 30.2. The van der Waals surface area contributed by atoms with Crippen LogP contribution in [0.2, 0.25) is 0 Å². The third kappa shape index (κ3) is 7.41. The smallest absolute Gasteiger partial charge is 0.423 e. The molecule has 1 aliphatic heterocycles. The molecule has 2 heterocycles. The molecule has 0 bridgehead atoms. The van der Waals surface area contributed by atoms with Gasteiger partial charge in [0.1, 0.15) is 11.7 Å². The molecule has 0 unspecified atom stereocenters. The zero-order chi connectivity index (χ0) is 30.8. The van der Waals surface area contributed by atoms with E-state index < -0.39 is 34.1 Å². The number of halogens is 6. The van der Waals surface area contributed by atoms with Crippen LogP contribution < -0.4 is 19.9 Å². The van der Waals surface area contributed by atoms with Crippen LogP contribution in [-0.2, 0) is 12.4 Å². The van der Waals surface area contributed by atoms with E-state index in [2.05, 4.69) is 15.2 Å². The Kier molecular flexibility index (Phi) is 8.56. The number of hydrogen-bond acceptors (Lipinski definition) is 7. The number of ether oxygens (including phenoxy) is 1. The second-order valence-corrected chi connectivity index (χ2v) is 10.6. The summed E-state index contributed by atoms with van der Waals surface area (Å²) in [6.07, 6.45) is -5.11. The Labute approximate surface area is 243 Å². The Morgan fingerprint density at radius 3 is 2.02 bits per heavy atom. The molecule has 1 N–H and O–H groups in total. The molecule has 1 saturated heterocycles. The van der Waals surface area contributed by atoms with Crippen LogP contribution in [0, 0.1) is 10.1 Å². The van der Waals surface area contributed by atoms with Gasteiger partial charge in [-0.05, 0) is 68.1 Å². The molecular formula is C29H29F6N5O3. The zero-order valence-electron chi connectivity index (χ0n) is 22.9. The van der Waals surface area contributed by atoms with Crippen LogP contribution in [0.1, 0.15) is 36.8 Å². The number of piperazine rings is 1. The molecule has 2 fully saturated rings. The molecule has 230 valence electrons. The lowest BCUT2D eigenvalue weighted by Crippen LogP contribution is -2.46. The largest absolute Gasteiger partial charge is 0.474 e. The van der Waals surface area contributed by atoms with E-state index in [1.165, 1.54) is 18.2 Å². The molecule has 0 radical (unpaired) electrons. The monoisotopic (exact) mass is 609 g/mol. The van der Waals surface area contributed by atoms with Crippen molar-refractivity contribution >= 4 is 22.7 Å². The normalized spacial score (nSPS) is 19.7. The van der Waals surface area contributed by atoms with Crippen molar-refractivity contribution in [3.8, 4) is 5.88 Å². The second kappa shape index (κ2) is 12.2. The van der Waals surface area contributed by atoms with Crippen LogP contribution in [-0.4, -0.2) is 48.2 Å². The van der Waals surface area contributed by atoms with E-state index in [0.29, 0.717) is 57.7 Å². The molecule has 3 aromatic rings. The average Bonchev–Trinajstić information content (AvgIpc) is 2.97. The highest BCUT2D eigenvalue weighted by atomic mass is 19.4. The van der Waals surface area contributed by atoms with Crippen LogP contribution in [0.25, 0.3) is 0 Å². The van der Waals surface area contributed by atoms with Crippen LogP contribution in [0.4, 0.5) is 49.1 Å². The third-order valence-electron chi connectivity index (χ3n) is 7.75. The van der Waals surface area contributed by atoms with Gasteiger partial charge in [-0.15, -0.1) is 0 Å². The van der Waals surface area contributed by atoms with Crippen LogP contribution >= 0.6 is 0 Å². The summed E-state index contributed by atoms with van der Waals surface area (Å²) in [6.45, 7) is 2.61. The molecule has 2 aliphatic rings. The lowest BCUT2D eigenvalue weighted by Gasteiger charge is -2.37. The highest BCUT2D eigenvalue weighted by molar-refractivity contribution is 5.56. The van der Waals surface area contributed by atoms with Crippen LogP contribution in [0.5, 0.6) is 5.88 Å². The Balaban J connectivity index is 1.12. The molecule has 0 amide bonds. The molecule has 0 atom stereocenters. The van der Waals surface area contributed by atoms with Crippen molar-refractivity contribution in [2.45, 2.75) is 50.2 Å². The number of hydrogen-bond donors (Lipinski definition) is 1. The topological polar surface area (TPSA) is 83.8 Å². The molecule has 1 aromatic heterocycles. The van der Waals surface area contributed by atoms with Gasteiger partial charge >= 0.3 is 12.4 Å². The number of alkyl halides is 6. The minimum atomic E-state index is -4.84. The summed E-state index contributed by atoms with van der Waals surface area (Å²) in [4.78, 5) is 18.5. The van der Waals surface area contributed by atoms with E-state index in [9.17, 15) is 36.5 Å². The van der Waals surface area contributed by atoms with Crippen molar-refractivity contribution in [1.82, 2.24) is 4.98 Å². The average molecular weight is 610 g/mol. The fraction of sp³-hybridized carbons (Fsp3) is 0.414. The van der Waals surface area contributed by atoms with Gasteiger partial charge in [0.25, 0.3) is 5.69 Å². The van der Waals surface area contributed by atoms with Crippen molar-refractivity contribution in [3.63, 3.8) is 0 Å². The third-order valence-corrected chi connectivity index (χ3v) is 7.75. The summed E-state index contributed by atoms with van der Waals surface area (Å²) in [5.41, 5.74) is -1.10. The first-order valence-electron chi connectivity index (χ1n) is 13.8. The Bertz CT molecular complexity index is 1420. The van der Waals surface area contributed by atoms with Gasteiger partial charge in [0.05, 0.1) is 10.5 Å². The van der Waals surface area contributed by atoms with E-state index in [4.69, 9.17) is 4.74 Å². The Morgan fingerprint density at radius 1 is 0.814 bits per heavy atom. The van der Waals surface area contributed by atoms with Gasteiger partial charge in [0, 0.05) is 67.6 Å². The Hall–Kier alpha value is -4.23. The predicted molar refractivity (Wildman–Crippen MR) is 149 cm³/mol. The lowest BCUT2D eigenvalue weighted by molar-refractivity contribution is -0.388. The van der Waals surface area contributed by atoms with Gasteiger partial charge in [-0.1, -0.05) is 0 Å². The molecule has 2 aromatic carbocycles. The van der Waals surface area contributed by atoms with Gasteiger partial charge in [0.15, 0.2) is 0 Å². The van der Waals surface area contributed by atoms with Crippen molar-refractivity contribution in [2.24, 2.45) is 0 Å². The van der Waals surface area contributed by atoms with E-state index in [-0.39, 0.29) is 17.8 Å². The number of pyridine rings is 1. The maximum atomic E-state index is 13.3. The van der Waals surface area contributed by atoms with Crippen LogP contribution in [0.3, 0.4) is 0 Å². The summed E-state index contributed by atoms with van der Waals surface area (Å²) in [5.74, 6) is 0.462. The van der Waals surface area contributed by atoms with Gasteiger partial charge in [0.2, 0.25) is 5.88 Å². The molecule has 5 rings (SSSR count). The summed E-state index contributed by atoms with van der Waals surface area (Å²) in [5, 5.41) is 14.1. The summed E-state index contributed by atoms with van der Waals surface area (Å²) in [6, 6.07) is 11.7. The molecule has 14 heteroatoms. The highest BCUT2D eigenvalue weighted by Gasteiger charge is 2.38. The van der Waals surface area contributed by atoms with Crippen LogP contribution in [0.15, 0.2) is 60.8 Å². The van der Waals surface area contributed by atoms with Gasteiger partial charge in [-0.3, -0.25) is 10.1 Å². The number of rotatable bonds is 7. The van der Waals surface area contributed by atoms with E-state index in [0.717, 1.165) is 35.6 Å². The zero-order valence-corrected chi connectivity index (χ0v) is 22.9. The molecule has 0 spiro atoms. The van der Waals surface area contributed by atoms with E-state index >= 15 is 0 Å². The number of aromatic nitrogens is 1. The molecular weight excluding hydrogens is 580 g/mol. The summed E-state index contributed by atoms with van der Waals surface area (Å²) in [7, 11) is 0.